The molecule has 35 heavy (non-hydrogen) atoms. The minimum absolute atomic E-state index is 0.0349. The number of halogens is 2. The lowest BCUT2D eigenvalue weighted by molar-refractivity contribution is -0.162. The van der Waals surface area contributed by atoms with Gasteiger partial charge in [0.1, 0.15) is 12.6 Å². The van der Waals surface area contributed by atoms with Gasteiger partial charge in [0.05, 0.1) is 5.92 Å². The molecule has 2 aliphatic rings. The van der Waals surface area contributed by atoms with Crippen molar-refractivity contribution < 1.29 is 33.0 Å². The highest BCUT2D eigenvalue weighted by Crippen LogP contribution is 2.45. The van der Waals surface area contributed by atoms with Crippen LogP contribution in [-0.4, -0.2) is 60.1 Å². The number of alkyl halides is 2. The molecule has 9 heteroatoms. The van der Waals surface area contributed by atoms with Crippen LogP contribution in [0.2, 0.25) is 0 Å². The first-order valence-electron chi connectivity index (χ1n) is 11.6. The number of hydrogen-bond donors (Lipinski definition) is 2. The Labute approximate surface area is 202 Å². The molecule has 2 unspecified atom stereocenters. The number of hydrogen-bond acceptors (Lipinski definition) is 4. The molecule has 2 aromatic carbocycles. The van der Waals surface area contributed by atoms with Crippen molar-refractivity contribution in [3.63, 3.8) is 0 Å². The molecule has 2 amide bonds. The Kier molecular flexibility index (Phi) is 6.78. The predicted molar refractivity (Wildman–Crippen MR) is 124 cm³/mol. The Balaban J connectivity index is 1.43. The van der Waals surface area contributed by atoms with E-state index in [1.807, 2.05) is 48.5 Å². The summed E-state index contributed by atoms with van der Waals surface area (Å²) in [6, 6.07) is 13.8. The Bertz CT molecular complexity index is 1090. The zero-order valence-electron chi connectivity index (χ0n) is 19.5. The monoisotopic (exact) mass is 486 g/mol. The van der Waals surface area contributed by atoms with Crippen LogP contribution in [0.25, 0.3) is 11.1 Å². The fourth-order valence-electron chi connectivity index (χ4n) is 4.66. The number of carboxylic acid groups (broad SMARTS) is 1. The molecule has 7 nitrogen and oxygen atoms in total. The summed E-state index contributed by atoms with van der Waals surface area (Å²) in [5.41, 5.74) is 4.08. The van der Waals surface area contributed by atoms with Crippen molar-refractivity contribution in [1.29, 1.82) is 0 Å². The van der Waals surface area contributed by atoms with Crippen LogP contribution >= 0.6 is 0 Å². The summed E-state index contributed by atoms with van der Waals surface area (Å²) in [6.07, 6.45) is -0.114. The van der Waals surface area contributed by atoms with E-state index in [1.165, 1.54) is 6.92 Å². The minimum atomic E-state index is -3.90. The zero-order chi connectivity index (χ0) is 25.3. The lowest BCUT2D eigenvalue weighted by Crippen LogP contribution is -2.57. The number of aliphatic carboxylic acids is 1. The van der Waals surface area contributed by atoms with Crippen LogP contribution in [0, 0.1) is 11.8 Å². The molecule has 2 aromatic rings. The van der Waals surface area contributed by atoms with Crippen LogP contribution in [0.5, 0.6) is 0 Å². The molecule has 1 fully saturated rings. The van der Waals surface area contributed by atoms with Gasteiger partial charge >= 0.3 is 18.0 Å². The predicted octanol–water partition coefficient (Wildman–Crippen LogP) is 4.12. The molecule has 0 spiro atoms. The summed E-state index contributed by atoms with van der Waals surface area (Å²) in [4.78, 5) is 36.9. The van der Waals surface area contributed by atoms with Crippen LogP contribution in [0.4, 0.5) is 13.6 Å². The second-order valence-corrected chi connectivity index (χ2v) is 9.33. The van der Waals surface area contributed by atoms with E-state index in [0.29, 0.717) is 17.7 Å². The third-order valence-electron chi connectivity index (χ3n) is 6.70. The number of carbonyl (C=O) groups is 3. The molecular formula is C26H28F2N2O5. The Morgan fingerprint density at radius 2 is 1.63 bits per heavy atom. The van der Waals surface area contributed by atoms with Crippen molar-refractivity contribution in [2.75, 3.05) is 20.2 Å². The van der Waals surface area contributed by atoms with Gasteiger partial charge in [0, 0.05) is 19.5 Å². The van der Waals surface area contributed by atoms with Gasteiger partial charge in [0.25, 0.3) is 5.91 Å². The quantitative estimate of drug-likeness (QED) is 0.556. The van der Waals surface area contributed by atoms with Gasteiger partial charge in [-0.25, -0.2) is 4.79 Å². The maximum Gasteiger partial charge on any atom is 0.407 e. The number of ether oxygens (including phenoxy) is 1. The van der Waals surface area contributed by atoms with E-state index in [1.54, 1.807) is 0 Å². The SMILES string of the molecule is CC(CN(C)C(=O)C(F)(F)C(NC(=O)OCC1c2ccccc2-c2ccccc21)C1CC1)C(=O)O. The van der Waals surface area contributed by atoms with Crippen molar-refractivity contribution in [2.24, 2.45) is 11.8 Å². The highest BCUT2D eigenvalue weighted by Gasteiger charge is 2.55. The number of fused-ring (bicyclic) bond motifs is 3. The van der Waals surface area contributed by atoms with Crippen molar-refractivity contribution in [3.8, 4) is 11.1 Å². The summed E-state index contributed by atoms with van der Waals surface area (Å²) < 4.78 is 35.7. The fraction of sp³-hybridized carbons (Fsp3) is 0.423. The van der Waals surface area contributed by atoms with Gasteiger partial charge in [0.2, 0.25) is 0 Å². The van der Waals surface area contributed by atoms with Crippen molar-refractivity contribution in [2.45, 2.75) is 37.6 Å². The fourth-order valence-corrected chi connectivity index (χ4v) is 4.66. The summed E-state index contributed by atoms with van der Waals surface area (Å²) in [5, 5.41) is 11.2. The number of amides is 2. The second kappa shape index (κ2) is 9.64. The molecule has 186 valence electrons. The van der Waals surface area contributed by atoms with Crippen LogP contribution in [0.1, 0.15) is 36.8 Å². The Morgan fingerprint density at radius 3 is 2.14 bits per heavy atom. The van der Waals surface area contributed by atoms with E-state index in [0.717, 1.165) is 29.3 Å². The molecule has 0 saturated heterocycles. The number of benzene rings is 2. The third kappa shape index (κ3) is 4.99. The standard InChI is InChI=1S/C26H28F2N2O5/c1-15(23(31)32)13-30(2)24(33)26(27,28)22(16-11-12-16)29-25(34)35-14-21-19-9-5-3-7-17(19)18-8-4-6-10-20(18)21/h3-10,15-16,21-22H,11-14H2,1-2H3,(H,29,34)(H,31,32). The molecule has 2 N–H and O–H groups in total. The number of alkyl carbamates (subject to hydrolysis) is 1. The molecule has 0 radical (unpaired) electrons. The summed E-state index contributed by atoms with van der Waals surface area (Å²) >= 11 is 0. The molecular weight excluding hydrogens is 458 g/mol. The molecule has 2 aliphatic carbocycles. The maximum atomic E-state index is 15.2. The first-order chi connectivity index (χ1) is 16.6. The second-order valence-electron chi connectivity index (χ2n) is 9.33. The van der Waals surface area contributed by atoms with Gasteiger partial charge in [-0.1, -0.05) is 55.5 Å². The highest BCUT2D eigenvalue weighted by molar-refractivity contribution is 5.86. The van der Waals surface area contributed by atoms with E-state index in [9.17, 15) is 14.4 Å². The first kappa shape index (κ1) is 24.6. The van der Waals surface area contributed by atoms with Gasteiger partial charge in [-0.2, -0.15) is 8.78 Å². The summed E-state index contributed by atoms with van der Waals surface area (Å²) in [6.45, 7) is 0.927. The minimum Gasteiger partial charge on any atom is -0.481 e. The van der Waals surface area contributed by atoms with Gasteiger partial charge in [0.15, 0.2) is 0 Å². The van der Waals surface area contributed by atoms with E-state index >= 15 is 8.78 Å². The van der Waals surface area contributed by atoms with Gasteiger partial charge in [-0.3, -0.25) is 9.59 Å². The van der Waals surface area contributed by atoms with Gasteiger partial charge in [-0.05, 0) is 41.0 Å². The molecule has 0 aliphatic heterocycles. The average molecular weight is 487 g/mol. The largest absolute Gasteiger partial charge is 0.481 e. The molecule has 4 rings (SSSR count). The molecule has 0 bridgehead atoms. The highest BCUT2D eigenvalue weighted by atomic mass is 19.3. The Morgan fingerprint density at radius 1 is 1.09 bits per heavy atom. The van der Waals surface area contributed by atoms with Crippen LogP contribution in [0.15, 0.2) is 48.5 Å². The molecule has 0 heterocycles. The van der Waals surface area contributed by atoms with Crippen LogP contribution < -0.4 is 5.32 Å². The van der Waals surface area contributed by atoms with E-state index in [4.69, 9.17) is 9.84 Å². The van der Waals surface area contributed by atoms with Crippen molar-refractivity contribution >= 4 is 18.0 Å². The van der Waals surface area contributed by atoms with Crippen LogP contribution in [-0.2, 0) is 14.3 Å². The maximum absolute atomic E-state index is 15.2. The van der Waals surface area contributed by atoms with Crippen molar-refractivity contribution in [3.05, 3.63) is 59.7 Å². The topological polar surface area (TPSA) is 95.9 Å². The number of carboxylic acids is 1. The normalized spacial score (nSPS) is 16.6. The van der Waals surface area contributed by atoms with E-state index in [2.05, 4.69) is 5.32 Å². The zero-order valence-corrected chi connectivity index (χ0v) is 19.5. The van der Waals surface area contributed by atoms with Gasteiger partial charge < -0.3 is 20.1 Å². The first-order valence-corrected chi connectivity index (χ1v) is 11.6. The number of nitrogens with zero attached hydrogens (tertiary/aromatic N) is 1. The van der Waals surface area contributed by atoms with Gasteiger partial charge in [-0.15, -0.1) is 0 Å². The number of nitrogens with one attached hydrogen (secondary N) is 1. The Hall–Kier alpha value is -3.49. The molecule has 0 aromatic heterocycles. The molecule has 2 atom stereocenters. The third-order valence-corrected chi connectivity index (χ3v) is 6.70. The number of carbonyl (C=O) groups excluding carboxylic acids is 2. The lowest BCUT2D eigenvalue weighted by Gasteiger charge is -2.30. The average Bonchev–Trinajstić information content (AvgIpc) is 3.62. The van der Waals surface area contributed by atoms with E-state index < -0.39 is 41.8 Å². The van der Waals surface area contributed by atoms with Crippen LogP contribution in [0.3, 0.4) is 0 Å². The number of rotatable bonds is 9. The van der Waals surface area contributed by atoms with E-state index in [-0.39, 0.29) is 19.1 Å². The van der Waals surface area contributed by atoms with Crippen molar-refractivity contribution in [1.82, 2.24) is 10.2 Å². The molecule has 1 saturated carbocycles. The lowest BCUT2D eigenvalue weighted by atomic mass is 9.98. The summed E-state index contributed by atoms with van der Waals surface area (Å²) in [5.74, 6) is -8.41. The summed E-state index contributed by atoms with van der Waals surface area (Å²) in [7, 11) is 1.13. The smallest absolute Gasteiger partial charge is 0.407 e.